The fraction of sp³-hybridized carbons (Fsp3) is 0.208. The molecule has 1 aliphatic heterocycles. The molecule has 2 aromatic carbocycles. The third-order valence-electron chi connectivity index (χ3n) is 5.41. The highest BCUT2D eigenvalue weighted by molar-refractivity contribution is 5.99. The molecule has 0 aliphatic carbocycles. The molecule has 1 amide bonds. The normalized spacial score (nSPS) is 16.0. The number of aromatic nitrogens is 1. The molecule has 5 rings (SSSR count). The van der Waals surface area contributed by atoms with Crippen molar-refractivity contribution < 1.29 is 28.0 Å². The number of hydrogen-bond acceptors (Lipinski definition) is 7. The van der Waals surface area contributed by atoms with Gasteiger partial charge < -0.3 is 23.3 Å². The second-order valence-electron chi connectivity index (χ2n) is 7.55. The maximum Gasteiger partial charge on any atom is 0.311 e. The molecule has 2 aromatic heterocycles. The van der Waals surface area contributed by atoms with Gasteiger partial charge in [0.1, 0.15) is 23.6 Å². The minimum absolute atomic E-state index is 0.0492. The standard InChI is InChI=1S/C24H20N2O6/c1-29-19-7-4-6-18(12-19)26-13-16(10-23(26)27)24(28)30-14-17-11-22(32-25-17)21-9-15-5-2-3-8-20(15)31-21/h2-9,11-12,16H,10,13-14H2,1H3. The van der Waals surface area contributed by atoms with Crippen molar-refractivity contribution in [1.29, 1.82) is 0 Å². The van der Waals surface area contributed by atoms with Crippen LogP contribution in [0.3, 0.4) is 0 Å². The zero-order valence-corrected chi connectivity index (χ0v) is 17.3. The summed E-state index contributed by atoms with van der Waals surface area (Å²) >= 11 is 0. The number of amides is 1. The molecule has 1 saturated heterocycles. The van der Waals surface area contributed by atoms with E-state index < -0.39 is 11.9 Å². The highest BCUT2D eigenvalue weighted by Crippen LogP contribution is 2.30. The van der Waals surface area contributed by atoms with Gasteiger partial charge in [-0.25, -0.2) is 0 Å². The van der Waals surface area contributed by atoms with E-state index in [2.05, 4.69) is 5.16 Å². The number of para-hydroxylation sites is 1. The van der Waals surface area contributed by atoms with Crippen molar-refractivity contribution in [2.75, 3.05) is 18.6 Å². The molecule has 4 aromatic rings. The van der Waals surface area contributed by atoms with Crippen molar-refractivity contribution in [3.8, 4) is 17.3 Å². The van der Waals surface area contributed by atoms with Crippen LogP contribution in [0, 0.1) is 5.92 Å². The fourth-order valence-corrected chi connectivity index (χ4v) is 3.76. The average molecular weight is 432 g/mol. The summed E-state index contributed by atoms with van der Waals surface area (Å²) in [5.74, 6) is 0.521. The first-order valence-electron chi connectivity index (χ1n) is 10.2. The summed E-state index contributed by atoms with van der Waals surface area (Å²) in [6.45, 7) is 0.209. The van der Waals surface area contributed by atoms with Crippen molar-refractivity contribution in [1.82, 2.24) is 5.16 Å². The quantitative estimate of drug-likeness (QED) is 0.422. The number of rotatable bonds is 6. The van der Waals surface area contributed by atoms with Crippen LogP contribution in [0.25, 0.3) is 22.5 Å². The Morgan fingerprint density at radius 2 is 2.00 bits per heavy atom. The summed E-state index contributed by atoms with van der Waals surface area (Å²) in [7, 11) is 1.56. The first kappa shape index (κ1) is 19.9. The van der Waals surface area contributed by atoms with Gasteiger partial charge in [-0.3, -0.25) is 9.59 Å². The molecule has 162 valence electrons. The number of nitrogens with zero attached hydrogens (tertiary/aromatic N) is 2. The van der Waals surface area contributed by atoms with E-state index in [9.17, 15) is 9.59 Å². The maximum absolute atomic E-state index is 12.6. The van der Waals surface area contributed by atoms with Crippen LogP contribution in [-0.2, 0) is 20.9 Å². The molecule has 0 N–H and O–H groups in total. The number of fused-ring (bicyclic) bond motifs is 1. The lowest BCUT2D eigenvalue weighted by Crippen LogP contribution is -2.26. The SMILES string of the molecule is COc1cccc(N2CC(C(=O)OCc3cc(-c4cc5ccccc5o4)on3)CC2=O)c1. The molecule has 3 heterocycles. The monoisotopic (exact) mass is 432 g/mol. The second kappa shape index (κ2) is 8.22. The first-order valence-corrected chi connectivity index (χ1v) is 10.2. The van der Waals surface area contributed by atoms with Gasteiger partial charge in [0.2, 0.25) is 11.7 Å². The van der Waals surface area contributed by atoms with Crippen LogP contribution in [-0.4, -0.2) is 30.7 Å². The Morgan fingerprint density at radius 3 is 2.84 bits per heavy atom. The van der Waals surface area contributed by atoms with Gasteiger partial charge >= 0.3 is 5.97 Å². The molecule has 0 saturated carbocycles. The lowest BCUT2D eigenvalue weighted by molar-refractivity contribution is -0.149. The number of anilines is 1. The lowest BCUT2D eigenvalue weighted by atomic mass is 10.1. The van der Waals surface area contributed by atoms with Crippen molar-refractivity contribution in [3.05, 3.63) is 66.4 Å². The third-order valence-corrected chi connectivity index (χ3v) is 5.41. The van der Waals surface area contributed by atoms with Gasteiger partial charge in [0.05, 0.1) is 13.0 Å². The Hall–Kier alpha value is -4.07. The zero-order valence-electron chi connectivity index (χ0n) is 17.3. The van der Waals surface area contributed by atoms with Gasteiger partial charge in [0.25, 0.3) is 0 Å². The van der Waals surface area contributed by atoms with E-state index in [-0.39, 0.29) is 25.5 Å². The molecule has 32 heavy (non-hydrogen) atoms. The molecule has 0 radical (unpaired) electrons. The Morgan fingerprint density at radius 1 is 1.12 bits per heavy atom. The van der Waals surface area contributed by atoms with Crippen molar-refractivity contribution >= 4 is 28.5 Å². The molecule has 1 atom stereocenters. The van der Waals surface area contributed by atoms with Crippen molar-refractivity contribution in [2.45, 2.75) is 13.0 Å². The van der Waals surface area contributed by atoms with Crippen LogP contribution in [0.2, 0.25) is 0 Å². The fourth-order valence-electron chi connectivity index (χ4n) is 3.76. The molecule has 1 unspecified atom stereocenters. The Balaban J connectivity index is 1.21. The number of hydrogen-bond donors (Lipinski definition) is 0. The smallest absolute Gasteiger partial charge is 0.311 e. The minimum Gasteiger partial charge on any atom is -0.497 e. The largest absolute Gasteiger partial charge is 0.497 e. The molecular weight excluding hydrogens is 412 g/mol. The van der Waals surface area contributed by atoms with E-state index in [0.717, 1.165) is 11.0 Å². The highest BCUT2D eigenvalue weighted by atomic mass is 16.5. The second-order valence-corrected chi connectivity index (χ2v) is 7.55. The lowest BCUT2D eigenvalue weighted by Gasteiger charge is -2.17. The van der Waals surface area contributed by atoms with Gasteiger partial charge in [-0.1, -0.05) is 29.4 Å². The van der Waals surface area contributed by atoms with E-state index in [0.29, 0.717) is 28.7 Å². The topological polar surface area (TPSA) is 95.0 Å². The molecule has 1 fully saturated rings. The Bertz CT molecular complexity index is 1260. The van der Waals surface area contributed by atoms with Crippen LogP contribution in [0.4, 0.5) is 5.69 Å². The predicted molar refractivity (Wildman–Crippen MR) is 115 cm³/mol. The van der Waals surface area contributed by atoms with Crippen molar-refractivity contribution in [2.24, 2.45) is 5.92 Å². The molecular formula is C24H20N2O6. The summed E-state index contributed by atoms with van der Waals surface area (Å²) in [5, 5.41) is 4.91. The first-order chi connectivity index (χ1) is 15.6. The number of methoxy groups -OCH3 is 1. The van der Waals surface area contributed by atoms with E-state index in [1.165, 1.54) is 0 Å². The Labute approximate surface area is 183 Å². The third kappa shape index (κ3) is 3.82. The number of ether oxygens (including phenoxy) is 2. The van der Waals surface area contributed by atoms with Gasteiger partial charge in [-0.2, -0.15) is 0 Å². The van der Waals surface area contributed by atoms with Crippen LogP contribution >= 0.6 is 0 Å². The molecule has 8 heteroatoms. The molecule has 0 spiro atoms. The van der Waals surface area contributed by atoms with Crippen LogP contribution in [0.1, 0.15) is 12.1 Å². The molecule has 1 aliphatic rings. The summed E-state index contributed by atoms with van der Waals surface area (Å²) in [4.78, 5) is 26.6. The molecule has 8 nitrogen and oxygen atoms in total. The number of furan rings is 1. The van der Waals surface area contributed by atoms with Crippen LogP contribution in [0.5, 0.6) is 5.75 Å². The van der Waals surface area contributed by atoms with Gasteiger partial charge in [-0.05, 0) is 24.3 Å². The summed E-state index contributed by atoms with van der Waals surface area (Å²) in [6, 6.07) is 18.3. The summed E-state index contributed by atoms with van der Waals surface area (Å²) < 4.78 is 21.7. The van der Waals surface area contributed by atoms with E-state index in [4.69, 9.17) is 18.4 Å². The predicted octanol–water partition coefficient (Wildman–Crippen LogP) is 4.19. The van der Waals surface area contributed by atoms with Gasteiger partial charge in [-0.15, -0.1) is 0 Å². The average Bonchev–Trinajstić information content (AvgIpc) is 3.55. The minimum atomic E-state index is -0.546. The van der Waals surface area contributed by atoms with Gasteiger partial charge in [0, 0.05) is 36.2 Å². The number of esters is 1. The summed E-state index contributed by atoms with van der Waals surface area (Å²) in [6.07, 6.45) is 0.0963. The summed E-state index contributed by atoms with van der Waals surface area (Å²) in [5.41, 5.74) is 1.90. The van der Waals surface area contributed by atoms with E-state index in [1.807, 2.05) is 36.4 Å². The zero-order chi connectivity index (χ0) is 22.1. The van der Waals surface area contributed by atoms with Crippen molar-refractivity contribution in [3.63, 3.8) is 0 Å². The van der Waals surface area contributed by atoms with Gasteiger partial charge in [0.15, 0.2) is 5.76 Å². The number of carbonyl (C=O) groups excluding carboxylic acids is 2. The van der Waals surface area contributed by atoms with E-state index in [1.54, 1.807) is 36.3 Å². The highest BCUT2D eigenvalue weighted by Gasteiger charge is 2.36. The number of benzene rings is 2. The molecule has 0 bridgehead atoms. The van der Waals surface area contributed by atoms with Crippen LogP contribution < -0.4 is 9.64 Å². The van der Waals surface area contributed by atoms with Crippen LogP contribution in [0.15, 0.2) is 69.6 Å². The maximum atomic E-state index is 12.6. The van der Waals surface area contributed by atoms with E-state index >= 15 is 0 Å². The number of carbonyl (C=O) groups is 2. The Kier molecular flexibility index (Phi) is 5.10.